The van der Waals surface area contributed by atoms with Gasteiger partial charge in [-0.2, -0.15) is 0 Å². The van der Waals surface area contributed by atoms with Gasteiger partial charge in [0.1, 0.15) is 21.5 Å². The van der Waals surface area contributed by atoms with Crippen LogP contribution in [0.2, 0.25) is 0 Å². The fraction of sp³-hybridized carbons (Fsp3) is 0.143. The van der Waals surface area contributed by atoms with Crippen LogP contribution in [0.1, 0.15) is 22.8 Å². The van der Waals surface area contributed by atoms with Crippen molar-refractivity contribution in [3.63, 3.8) is 0 Å². The number of methoxy groups -OCH3 is 2. The summed E-state index contributed by atoms with van der Waals surface area (Å²) in [5, 5.41) is 1.05. The zero-order valence-corrected chi connectivity index (χ0v) is 25.9. The maximum absolute atomic E-state index is 12.8. The molecule has 1 N–H and O–H groups in total. The normalized spacial score (nSPS) is 11.2. The van der Waals surface area contributed by atoms with Crippen LogP contribution < -0.4 is 60.9 Å². The van der Waals surface area contributed by atoms with Crippen molar-refractivity contribution in [2.75, 3.05) is 20.8 Å². The van der Waals surface area contributed by atoms with Gasteiger partial charge < -0.3 is 23.9 Å². The molecular weight excluding hydrogens is 547 g/mol. The van der Waals surface area contributed by atoms with Crippen molar-refractivity contribution >= 4 is 38.9 Å². The van der Waals surface area contributed by atoms with E-state index in [4.69, 9.17) is 9.47 Å². The number of benzene rings is 3. The van der Waals surface area contributed by atoms with Crippen LogP contribution in [0.25, 0.3) is 33.0 Å². The molecule has 3 aromatic carbocycles. The molecule has 0 unspecified atom stereocenters. The van der Waals surface area contributed by atoms with Gasteiger partial charge in [-0.3, -0.25) is 9.59 Å². The van der Waals surface area contributed by atoms with Gasteiger partial charge in [-0.15, -0.1) is 0 Å². The summed E-state index contributed by atoms with van der Waals surface area (Å²) in [4.78, 5) is 27.4. The first-order valence-electron chi connectivity index (χ1n) is 11.6. The first-order chi connectivity index (χ1) is 18.2. The van der Waals surface area contributed by atoms with E-state index in [2.05, 4.69) is 14.4 Å². The third-order valence-electron chi connectivity index (χ3n) is 5.69. The Balaban J connectivity index is 0.00000420. The number of ether oxygens (including phenoxy) is 3. The first kappa shape index (κ1) is 30.6. The predicted octanol–water partition coefficient (Wildman–Crippen LogP) is 2.97. The zero-order valence-electron chi connectivity index (χ0n) is 21.9. The first-order valence-corrected chi connectivity index (χ1v) is 13.0. The van der Waals surface area contributed by atoms with E-state index in [-0.39, 0.29) is 74.2 Å². The zero-order chi connectivity index (χ0) is 27.3. The monoisotopic (exact) mass is 572 g/mol. The van der Waals surface area contributed by atoms with E-state index in [1.807, 2.05) is 36.4 Å². The van der Waals surface area contributed by atoms with E-state index in [9.17, 15) is 18.0 Å². The topological polar surface area (TPSA) is 126 Å². The van der Waals surface area contributed by atoms with E-state index >= 15 is 0 Å². The predicted molar refractivity (Wildman–Crippen MR) is 144 cm³/mol. The van der Waals surface area contributed by atoms with E-state index in [1.54, 1.807) is 19.3 Å². The molecule has 4 rings (SSSR count). The Labute approximate surface area is 269 Å². The minimum absolute atomic E-state index is 0. The molecular formula is C28H25KN2O7S. The van der Waals surface area contributed by atoms with E-state index < -0.39 is 16.1 Å². The van der Waals surface area contributed by atoms with Crippen LogP contribution in [0.15, 0.2) is 77.7 Å². The summed E-state index contributed by atoms with van der Waals surface area (Å²) >= 11 is 0. The summed E-state index contributed by atoms with van der Waals surface area (Å²) < 4.78 is 43.2. The van der Waals surface area contributed by atoms with Crippen LogP contribution in [-0.4, -0.2) is 46.1 Å². The van der Waals surface area contributed by atoms with Gasteiger partial charge in [-0.1, -0.05) is 18.2 Å². The van der Waals surface area contributed by atoms with Crippen molar-refractivity contribution in [2.24, 2.45) is 0 Å². The van der Waals surface area contributed by atoms with Crippen LogP contribution in [0.4, 0.5) is 4.79 Å². The SMILES string of the molecule is CCOC(=O)[N-]S(=O)(=O)c1ccc(C(=O)/C=C/c2cc(-c3cc4ccccc4[nH]3)c(OC)cc2OC)cc1.[K+]. The number of sulfonamides is 1. The molecule has 0 saturated carbocycles. The van der Waals surface area contributed by atoms with Crippen molar-refractivity contribution in [2.45, 2.75) is 11.8 Å². The molecule has 0 spiro atoms. The van der Waals surface area contributed by atoms with E-state index in [0.717, 1.165) is 22.2 Å². The fourth-order valence-electron chi connectivity index (χ4n) is 3.84. The number of ketones is 1. The second kappa shape index (κ2) is 13.4. The van der Waals surface area contributed by atoms with Crippen molar-refractivity contribution < 1.29 is 83.6 Å². The van der Waals surface area contributed by atoms with E-state index in [0.29, 0.717) is 17.1 Å². The maximum Gasteiger partial charge on any atom is 1.00 e. The number of para-hydroxylation sites is 1. The van der Waals surface area contributed by atoms with Crippen molar-refractivity contribution in [1.82, 2.24) is 4.98 Å². The molecule has 0 fully saturated rings. The Bertz CT molecular complexity index is 1590. The van der Waals surface area contributed by atoms with Gasteiger partial charge in [0.25, 0.3) is 0 Å². The molecule has 0 saturated heterocycles. The fourth-order valence-corrected chi connectivity index (χ4v) is 4.67. The molecule has 0 bridgehead atoms. The maximum atomic E-state index is 12.8. The minimum atomic E-state index is -4.25. The van der Waals surface area contributed by atoms with Gasteiger partial charge in [0.15, 0.2) is 5.78 Å². The van der Waals surface area contributed by atoms with Gasteiger partial charge in [-0.05, 0) is 61.5 Å². The Kier molecular flexibility index (Phi) is 10.5. The quantitative estimate of drug-likeness (QED) is 0.186. The Morgan fingerprint density at radius 1 is 0.949 bits per heavy atom. The number of carbonyl (C=O) groups excluding carboxylic acids is 2. The van der Waals surface area contributed by atoms with Crippen molar-refractivity contribution in [3.8, 4) is 22.8 Å². The average Bonchev–Trinajstić information content (AvgIpc) is 3.35. The number of hydrogen-bond donors (Lipinski definition) is 1. The summed E-state index contributed by atoms with van der Waals surface area (Å²) in [6.45, 7) is 1.54. The van der Waals surface area contributed by atoms with Gasteiger partial charge in [0.05, 0.1) is 31.4 Å². The number of fused-ring (bicyclic) bond motifs is 1. The number of hydrogen-bond acceptors (Lipinski definition) is 7. The molecule has 9 nitrogen and oxygen atoms in total. The number of allylic oxidation sites excluding steroid dienone is 1. The van der Waals surface area contributed by atoms with E-state index in [1.165, 1.54) is 44.4 Å². The standard InChI is InChI=1S/C28H26N2O7S.K/c1-4-37-28(32)30-38(33,34)21-12-9-18(10-13-21)25(31)14-11-20-15-22(27(36-3)17-26(20)35-2)24-16-19-7-5-6-8-23(19)29-24;/h5-17,29H,4H2,1-3H3,(H,30,32);/q;+1/p-1/b14-11+;. The number of aromatic nitrogens is 1. The molecule has 1 heterocycles. The molecule has 0 radical (unpaired) electrons. The van der Waals surface area contributed by atoms with Crippen LogP contribution in [-0.2, 0) is 14.8 Å². The third kappa shape index (κ3) is 7.18. The van der Waals surface area contributed by atoms with Crippen LogP contribution in [0.3, 0.4) is 0 Å². The van der Waals surface area contributed by atoms with Gasteiger partial charge in [-0.25, -0.2) is 8.42 Å². The molecule has 196 valence electrons. The van der Waals surface area contributed by atoms with Crippen molar-refractivity contribution in [1.29, 1.82) is 0 Å². The molecule has 0 aliphatic heterocycles. The summed E-state index contributed by atoms with van der Waals surface area (Å²) in [6, 6.07) is 18.6. The summed E-state index contributed by atoms with van der Waals surface area (Å²) in [6.07, 6.45) is 1.79. The van der Waals surface area contributed by atoms with Gasteiger partial charge in [0, 0.05) is 33.7 Å². The minimum Gasteiger partial charge on any atom is -0.506 e. The molecule has 0 aliphatic carbocycles. The second-order valence-electron chi connectivity index (χ2n) is 8.05. The second-order valence-corrected chi connectivity index (χ2v) is 9.66. The molecule has 0 aliphatic rings. The van der Waals surface area contributed by atoms with Gasteiger partial charge in [0.2, 0.25) is 6.09 Å². The number of rotatable bonds is 9. The number of H-pyrrole nitrogens is 1. The average molecular weight is 573 g/mol. The third-order valence-corrected chi connectivity index (χ3v) is 6.94. The number of amides is 1. The largest absolute Gasteiger partial charge is 1.00 e. The Morgan fingerprint density at radius 3 is 2.28 bits per heavy atom. The number of carbonyl (C=O) groups is 2. The summed E-state index contributed by atoms with van der Waals surface area (Å²) in [5.41, 5.74) is 3.50. The van der Waals surface area contributed by atoms with Crippen molar-refractivity contribution in [3.05, 3.63) is 88.7 Å². The Hall–Kier alpha value is -2.93. The number of aromatic amines is 1. The van der Waals surface area contributed by atoms with Crippen LogP contribution in [0.5, 0.6) is 11.5 Å². The van der Waals surface area contributed by atoms with Gasteiger partial charge >= 0.3 is 51.4 Å². The number of nitrogens with zero attached hydrogens (tertiary/aromatic N) is 1. The number of nitrogens with one attached hydrogen (secondary N) is 1. The molecule has 1 aromatic heterocycles. The summed E-state index contributed by atoms with van der Waals surface area (Å²) in [5.74, 6) is 0.746. The molecule has 39 heavy (non-hydrogen) atoms. The molecule has 11 heteroatoms. The smallest absolute Gasteiger partial charge is 0.506 e. The molecule has 1 amide bonds. The Morgan fingerprint density at radius 2 is 1.64 bits per heavy atom. The molecule has 0 atom stereocenters. The van der Waals surface area contributed by atoms with Crippen LogP contribution >= 0.6 is 0 Å². The molecule has 4 aromatic rings. The van der Waals surface area contributed by atoms with Crippen LogP contribution in [0, 0.1) is 0 Å². The summed E-state index contributed by atoms with van der Waals surface area (Å²) in [7, 11) is -1.15.